The number of nitrogens with one attached hydrogen (secondary N) is 1. The fourth-order valence-corrected chi connectivity index (χ4v) is 3.18. The van der Waals surface area contributed by atoms with Gasteiger partial charge in [0.25, 0.3) is 0 Å². The van der Waals surface area contributed by atoms with E-state index in [1.165, 1.54) is 31.6 Å². The Kier molecular flexibility index (Phi) is 9.30. The molecule has 1 aromatic heterocycles. The van der Waals surface area contributed by atoms with Gasteiger partial charge in [0.2, 0.25) is 10.0 Å². The Bertz CT molecular complexity index is 835. The van der Waals surface area contributed by atoms with E-state index in [1.54, 1.807) is 12.1 Å². The highest BCUT2D eigenvalue weighted by Crippen LogP contribution is 2.28. The zero-order valence-corrected chi connectivity index (χ0v) is 16.5. The van der Waals surface area contributed by atoms with Crippen molar-refractivity contribution in [3.8, 4) is 0 Å². The standard InChI is InChI=1S/C12H11ClN2O5S.C5H13N/c13-9-5-10(15-6-7-2-1-3-20-7)8(12(16)17)4-11(9)21(14,18)19;1-2-3-4-5-6/h1-5,15H,6H2,(H,16,17)(H2,14,18,19);2-6H2,1H3. The van der Waals surface area contributed by atoms with Gasteiger partial charge in [-0.25, -0.2) is 18.4 Å². The van der Waals surface area contributed by atoms with Gasteiger partial charge in [-0.05, 0) is 37.2 Å². The van der Waals surface area contributed by atoms with Crippen molar-refractivity contribution in [1.82, 2.24) is 0 Å². The van der Waals surface area contributed by atoms with Crippen LogP contribution in [0.5, 0.6) is 0 Å². The van der Waals surface area contributed by atoms with Crippen LogP contribution < -0.4 is 16.2 Å². The molecule has 0 atom stereocenters. The molecule has 2 rings (SSSR count). The lowest BCUT2D eigenvalue weighted by Gasteiger charge is -2.11. The summed E-state index contributed by atoms with van der Waals surface area (Å²) in [6.07, 6.45) is 5.23. The molecule has 0 spiro atoms. The maximum absolute atomic E-state index is 11.3. The lowest BCUT2D eigenvalue weighted by Crippen LogP contribution is -2.15. The molecule has 150 valence electrons. The van der Waals surface area contributed by atoms with Crippen LogP contribution in [-0.2, 0) is 16.6 Å². The zero-order chi connectivity index (χ0) is 20.4. The van der Waals surface area contributed by atoms with Gasteiger partial charge in [0, 0.05) is 0 Å². The topological polar surface area (TPSA) is 149 Å². The summed E-state index contributed by atoms with van der Waals surface area (Å²) in [6, 6.07) is 5.51. The van der Waals surface area contributed by atoms with Crippen molar-refractivity contribution >= 4 is 33.3 Å². The van der Waals surface area contributed by atoms with Gasteiger partial charge >= 0.3 is 5.97 Å². The summed E-state index contributed by atoms with van der Waals surface area (Å²) in [7, 11) is -4.11. The Labute approximate surface area is 163 Å². The minimum Gasteiger partial charge on any atom is -0.478 e. The van der Waals surface area contributed by atoms with Crippen molar-refractivity contribution in [3.05, 3.63) is 46.9 Å². The second-order valence-corrected chi connectivity index (χ2v) is 7.54. The van der Waals surface area contributed by atoms with Crippen LogP contribution in [0.15, 0.2) is 39.8 Å². The molecule has 0 radical (unpaired) electrons. The summed E-state index contributed by atoms with van der Waals surface area (Å²) in [5.74, 6) is -0.725. The summed E-state index contributed by atoms with van der Waals surface area (Å²) < 4.78 is 27.8. The average Bonchev–Trinajstić information content (AvgIpc) is 3.10. The number of unbranched alkanes of at least 4 members (excludes halogenated alkanes) is 2. The van der Waals surface area contributed by atoms with E-state index in [4.69, 9.17) is 32.0 Å². The number of hydrogen-bond donors (Lipinski definition) is 4. The van der Waals surface area contributed by atoms with E-state index >= 15 is 0 Å². The third-order valence-electron chi connectivity index (χ3n) is 3.45. The largest absolute Gasteiger partial charge is 0.478 e. The number of primary sulfonamides is 1. The number of nitrogens with two attached hydrogens (primary N) is 2. The van der Waals surface area contributed by atoms with Gasteiger partial charge in [0.15, 0.2) is 0 Å². The SMILES string of the molecule is CCCCCN.NS(=O)(=O)c1cc(C(=O)O)c(NCc2ccco2)cc1Cl. The molecule has 0 unspecified atom stereocenters. The molecule has 2 aromatic rings. The number of carbonyl (C=O) groups is 1. The molecule has 0 aliphatic carbocycles. The maximum atomic E-state index is 11.3. The minimum atomic E-state index is -4.11. The van der Waals surface area contributed by atoms with Crippen LogP contribution in [0.3, 0.4) is 0 Å². The van der Waals surface area contributed by atoms with Gasteiger partial charge in [-0.1, -0.05) is 31.4 Å². The molecule has 0 aliphatic rings. The van der Waals surface area contributed by atoms with Crippen molar-refractivity contribution in [3.63, 3.8) is 0 Å². The maximum Gasteiger partial charge on any atom is 0.337 e. The number of furan rings is 1. The Morgan fingerprint density at radius 2 is 2.04 bits per heavy atom. The minimum absolute atomic E-state index is 0.163. The Morgan fingerprint density at radius 3 is 2.48 bits per heavy atom. The van der Waals surface area contributed by atoms with Gasteiger partial charge in [0.05, 0.1) is 29.1 Å². The smallest absolute Gasteiger partial charge is 0.337 e. The van der Waals surface area contributed by atoms with Crippen LogP contribution in [0.4, 0.5) is 5.69 Å². The van der Waals surface area contributed by atoms with Crippen LogP contribution in [0, 0.1) is 0 Å². The van der Waals surface area contributed by atoms with Crippen LogP contribution in [-0.4, -0.2) is 26.0 Å². The lowest BCUT2D eigenvalue weighted by molar-refractivity contribution is 0.0697. The highest BCUT2D eigenvalue weighted by atomic mass is 35.5. The number of carboxylic acid groups (broad SMARTS) is 1. The quantitative estimate of drug-likeness (QED) is 0.482. The molecule has 1 heterocycles. The van der Waals surface area contributed by atoms with E-state index < -0.39 is 20.9 Å². The van der Waals surface area contributed by atoms with Crippen LogP contribution in [0.25, 0.3) is 0 Å². The summed E-state index contributed by atoms with van der Waals surface area (Å²) >= 11 is 5.84. The predicted molar refractivity (Wildman–Crippen MR) is 104 cm³/mol. The highest BCUT2D eigenvalue weighted by molar-refractivity contribution is 7.89. The van der Waals surface area contributed by atoms with Crippen LogP contribution in [0.2, 0.25) is 5.02 Å². The molecule has 0 aliphatic heterocycles. The molecular formula is C17H24ClN3O5S. The highest BCUT2D eigenvalue weighted by Gasteiger charge is 2.20. The summed E-state index contributed by atoms with van der Waals surface area (Å²) in [5.41, 5.74) is 5.12. The lowest BCUT2D eigenvalue weighted by atomic mass is 10.1. The van der Waals surface area contributed by atoms with E-state index in [2.05, 4.69) is 12.2 Å². The van der Waals surface area contributed by atoms with Gasteiger partial charge in [-0.2, -0.15) is 0 Å². The molecular weight excluding hydrogens is 394 g/mol. The van der Waals surface area contributed by atoms with Crippen LogP contribution >= 0.6 is 11.6 Å². The van der Waals surface area contributed by atoms with Crippen molar-refractivity contribution in [1.29, 1.82) is 0 Å². The fourth-order valence-electron chi connectivity index (χ4n) is 2.08. The summed E-state index contributed by atoms with van der Waals surface area (Å²) in [4.78, 5) is 10.8. The number of hydrogen-bond acceptors (Lipinski definition) is 6. The predicted octanol–water partition coefficient (Wildman–Crippen LogP) is 3.03. The van der Waals surface area contributed by atoms with E-state index in [0.717, 1.165) is 12.6 Å². The Hall–Kier alpha value is -2.07. The number of anilines is 1. The average molecular weight is 418 g/mol. The fraction of sp³-hybridized carbons (Fsp3) is 0.353. The monoisotopic (exact) mass is 417 g/mol. The number of benzene rings is 1. The van der Waals surface area contributed by atoms with E-state index in [0.29, 0.717) is 5.76 Å². The van der Waals surface area contributed by atoms with E-state index in [9.17, 15) is 13.2 Å². The molecule has 0 saturated carbocycles. The van der Waals surface area contributed by atoms with Crippen molar-refractivity contribution in [2.24, 2.45) is 10.9 Å². The zero-order valence-electron chi connectivity index (χ0n) is 14.9. The van der Waals surface area contributed by atoms with Crippen LogP contribution in [0.1, 0.15) is 42.3 Å². The Morgan fingerprint density at radius 1 is 1.33 bits per heavy atom. The second-order valence-electron chi connectivity index (χ2n) is 5.61. The number of aromatic carboxylic acids is 1. The molecule has 0 saturated heterocycles. The number of sulfonamides is 1. The van der Waals surface area contributed by atoms with Crippen molar-refractivity contribution in [2.75, 3.05) is 11.9 Å². The van der Waals surface area contributed by atoms with Crippen molar-refractivity contribution in [2.45, 2.75) is 37.6 Å². The van der Waals surface area contributed by atoms with Gasteiger partial charge < -0.3 is 20.6 Å². The number of carboxylic acids is 1. The van der Waals surface area contributed by atoms with Gasteiger partial charge in [0.1, 0.15) is 10.7 Å². The third kappa shape index (κ3) is 7.59. The molecule has 1 aromatic carbocycles. The van der Waals surface area contributed by atoms with E-state index in [-0.39, 0.29) is 22.8 Å². The first-order chi connectivity index (χ1) is 12.7. The normalized spacial score (nSPS) is 10.8. The first-order valence-electron chi connectivity index (χ1n) is 8.26. The van der Waals surface area contributed by atoms with Gasteiger partial charge in [-0.3, -0.25) is 0 Å². The summed E-state index contributed by atoms with van der Waals surface area (Å²) in [6.45, 7) is 3.25. The number of halogens is 1. The molecule has 0 fully saturated rings. The molecule has 6 N–H and O–H groups in total. The summed E-state index contributed by atoms with van der Waals surface area (Å²) in [5, 5.41) is 16.8. The molecule has 8 nitrogen and oxygen atoms in total. The van der Waals surface area contributed by atoms with Gasteiger partial charge in [-0.15, -0.1) is 0 Å². The Balaban J connectivity index is 0.000000527. The third-order valence-corrected chi connectivity index (χ3v) is 4.83. The first-order valence-corrected chi connectivity index (χ1v) is 10.2. The molecule has 27 heavy (non-hydrogen) atoms. The number of rotatable bonds is 8. The second kappa shape index (κ2) is 10.9. The van der Waals surface area contributed by atoms with E-state index in [1.807, 2.05) is 0 Å². The molecule has 10 heteroatoms. The molecule has 0 amide bonds. The molecule has 0 bridgehead atoms. The first kappa shape index (κ1) is 23.0. The van der Waals surface area contributed by atoms with Crippen molar-refractivity contribution < 1.29 is 22.7 Å².